The Morgan fingerprint density at radius 2 is 2.17 bits per heavy atom. The normalized spacial score (nSPS) is 12.1. The van der Waals surface area contributed by atoms with Crippen LogP contribution in [-0.2, 0) is 4.79 Å². The summed E-state index contributed by atoms with van der Waals surface area (Å²) in [7, 11) is 0. The highest BCUT2D eigenvalue weighted by atomic mass is 32.2. The van der Waals surface area contributed by atoms with Gasteiger partial charge in [-0.3, -0.25) is 4.79 Å². The van der Waals surface area contributed by atoms with Gasteiger partial charge in [0.1, 0.15) is 0 Å². The Morgan fingerprint density at radius 1 is 1.33 bits per heavy atom. The number of amides is 1. The summed E-state index contributed by atoms with van der Waals surface area (Å²) >= 11 is 2.69. The van der Waals surface area contributed by atoms with Gasteiger partial charge in [-0.05, 0) is 54.5 Å². The molecule has 0 radical (unpaired) electrons. The molecule has 124 valence electrons. The molecule has 0 unspecified atom stereocenters. The van der Waals surface area contributed by atoms with Crippen LogP contribution in [0.2, 0.25) is 0 Å². The molecule has 0 spiro atoms. The monoisotopic (exact) mass is 360 g/mol. The minimum atomic E-state index is -0.356. The van der Waals surface area contributed by atoms with Crippen molar-refractivity contribution >= 4 is 34.1 Å². The number of tetrazole rings is 1. The fraction of sp³-hybridized carbons (Fsp3) is 0.267. The molecule has 0 saturated carbocycles. The molecule has 2 aromatic heterocycles. The van der Waals surface area contributed by atoms with Crippen molar-refractivity contribution in [3.63, 3.8) is 0 Å². The second kappa shape index (κ2) is 7.10. The Balaban J connectivity index is 1.75. The van der Waals surface area contributed by atoms with Crippen LogP contribution in [-0.4, -0.2) is 36.3 Å². The topological polar surface area (TPSA) is 85.6 Å². The fourth-order valence-electron chi connectivity index (χ4n) is 1.98. The first-order chi connectivity index (χ1) is 11.5. The number of aryl methyl sites for hydroxylation is 2. The third-order valence-electron chi connectivity index (χ3n) is 3.49. The van der Waals surface area contributed by atoms with Crippen LogP contribution < -0.4 is 5.32 Å². The standard InChI is InChI=1S/C15H16N6OS2/c1-9-4-5-12(8-10(9)2)21-15(18-19-20-21)24-11(3)13(22)17-14-16-6-7-23-14/h4-8,11H,1-3H3,(H,16,17,22)/t11-/m1/s1. The summed E-state index contributed by atoms with van der Waals surface area (Å²) in [6.07, 6.45) is 1.65. The van der Waals surface area contributed by atoms with E-state index in [4.69, 9.17) is 0 Å². The number of anilines is 1. The molecule has 0 aliphatic heterocycles. The molecule has 24 heavy (non-hydrogen) atoms. The van der Waals surface area contributed by atoms with Gasteiger partial charge in [0.25, 0.3) is 0 Å². The maximum Gasteiger partial charge on any atom is 0.239 e. The van der Waals surface area contributed by atoms with Gasteiger partial charge >= 0.3 is 0 Å². The van der Waals surface area contributed by atoms with E-state index in [1.165, 1.54) is 28.7 Å². The van der Waals surface area contributed by atoms with E-state index in [0.29, 0.717) is 10.3 Å². The molecule has 0 bridgehead atoms. The van der Waals surface area contributed by atoms with Crippen molar-refractivity contribution in [1.29, 1.82) is 0 Å². The van der Waals surface area contributed by atoms with Crippen LogP contribution in [0.25, 0.3) is 5.69 Å². The summed E-state index contributed by atoms with van der Waals surface area (Å²) in [4.78, 5) is 16.3. The van der Waals surface area contributed by atoms with Crippen molar-refractivity contribution in [3.05, 3.63) is 40.9 Å². The first kappa shape index (κ1) is 16.6. The summed E-state index contributed by atoms with van der Waals surface area (Å²) in [6, 6.07) is 6.01. The third-order valence-corrected chi connectivity index (χ3v) is 5.21. The zero-order chi connectivity index (χ0) is 17.1. The van der Waals surface area contributed by atoms with E-state index in [9.17, 15) is 4.79 Å². The number of benzene rings is 1. The number of thiazole rings is 1. The third kappa shape index (κ3) is 3.62. The van der Waals surface area contributed by atoms with Crippen molar-refractivity contribution in [2.45, 2.75) is 31.2 Å². The van der Waals surface area contributed by atoms with Crippen LogP contribution in [0.3, 0.4) is 0 Å². The molecule has 3 aromatic rings. The zero-order valence-corrected chi connectivity index (χ0v) is 15.1. The van der Waals surface area contributed by atoms with Gasteiger partial charge in [0.05, 0.1) is 10.9 Å². The minimum Gasteiger partial charge on any atom is -0.301 e. The second-order valence-electron chi connectivity index (χ2n) is 5.23. The van der Waals surface area contributed by atoms with Gasteiger partial charge in [-0.1, -0.05) is 17.8 Å². The van der Waals surface area contributed by atoms with Gasteiger partial charge in [0.2, 0.25) is 11.1 Å². The van der Waals surface area contributed by atoms with Gasteiger partial charge in [-0.25, -0.2) is 4.98 Å². The van der Waals surface area contributed by atoms with Crippen molar-refractivity contribution in [3.8, 4) is 5.69 Å². The number of thioether (sulfide) groups is 1. The maximum atomic E-state index is 12.2. The molecule has 0 fully saturated rings. The molecule has 1 N–H and O–H groups in total. The molecular weight excluding hydrogens is 344 g/mol. The largest absolute Gasteiger partial charge is 0.301 e. The lowest BCUT2D eigenvalue weighted by molar-refractivity contribution is -0.115. The lowest BCUT2D eigenvalue weighted by Crippen LogP contribution is -2.22. The SMILES string of the molecule is Cc1ccc(-n2nnnc2S[C@H](C)C(=O)Nc2nccs2)cc1C. The molecule has 1 aromatic carbocycles. The Hall–Kier alpha value is -2.26. The Kier molecular flexibility index (Phi) is 4.91. The summed E-state index contributed by atoms with van der Waals surface area (Å²) in [5.74, 6) is -0.135. The van der Waals surface area contributed by atoms with Gasteiger partial charge in [-0.2, -0.15) is 4.68 Å². The Labute approximate surface area is 147 Å². The highest BCUT2D eigenvalue weighted by Crippen LogP contribution is 2.25. The predicted molar refractivity (Wildman–Crippen MR) is 94.7 cm³/mol. The minimum absolute atomic E-state index is 0.135. The molecule has 9 heteroatoms. The van der Waals surface area contributed by atoms with E-state index in [1.807, 2.05) is 37.4 Å². The van der Waals surface area contributed by atoms with Gasteiger partial charge in [0.15, 0.2) is 5.13 Å². The van der Waals surface area contributed by atoms with E-state index in [-0.39, 0.29) is 11.2 Å². The van der Waals surface area contributed by atoms with Crippen LogP contribution in [0.15, 0.2) is 34.9 Å². The summed E-state index contributed by atoms with van der Waals surface area (Å²) in [5.41, 5.74) is 3.24. The highest BCUT2D eigenvalue weighted by Gasteiger charge is 2.20. The lowest BCUT2D eigenvalue weighted by atomic mass is 10.1. The number of carbonyl (C=O) groups excluding carboxylic acids is 1. The molecule has 0 aliphatic rings. The van der Waals surface area contributed by atoms with Crippen molar-refractivity contribution in [2.24, 2.45) is 0 Å². The number of hydrogen-bond donors (Lipinski definition) is 1. The zero-order valence-electron chi connectivity index (χ0n) is 13.4. The average molecular weight is 360 g/mol. The van der Waals surface area contributed by atoms with Gasteiger partial charge in [0, 0.05) is 11.6 Å². The molecular formula is C15H16N6OS2. The van der Waals surface area contributed by atoms with Crippen LogP contribution in [0.4, 0.5) is 5.13 Å². The summed E-state index contributed by atoms with van der Waals surface area (Å²) in [6.45, 7) is 5.91. The molecule has 0 aliphatic carbocycles. The number of rotatable bonds is 5. The number of aromatic nitrogens is 5. The van der Waals surface area contributed by atoms with E-state index in [0.717, 1.165) is 11.3 Å². The first-order valence-electron chi connectivity index (χ1n) is 7.27. The van der Waals surface area contributed by atoms with Gasteiger partial charge < -0.3 is 5.32 Å². The molecule has 3 rings (SSSR count). The summed E-state index contributed by atoms with van der Waals surface area (Å²) in [5, 5.41) is 17.2. The Morgan fingerprint density at radius 3 is 2.88 bits per heavy atom. The van der Waals surface area contributed by atoms with Gasteiger partial charge in [-0.15, -0.1) is 16.4 Å². The first-order valence-corrected chi connectivity index (χ1v) is 9.03. The summed E-state index contributed by atoms with van der Waals surface area (Å²) < 4.78 is 1.64. The van der Waals surface area contributed by atoms with E-state index in [1.54, 1.807) is 10.9 Å². The number of nitrogens with one attached hydrogen (secondary N) is 1. The quantitative estimate of drug-likeness (QED) is 0.704. The number of hydrogen-bond acceptors (Lipinski definition) is 7. The fourth-order valence-corrected chi connectivity index (χ4v) is 3.32. The average Bonchev–Trinajstić information content (AvgIpc) is 3.22. The van der Waals surface area contributed by atoms with Crippen LogP contribution in [0.5, 0.6) is 0 Å². The second-order valence-corrected chi connectivity index (χ2v) is 7.43. The van der Waals surface area contributed by atoms with Crippen molar-refractivity contribution in [2.75, 3.05) is 5.32 Å². The highest BCUT2D eigenvalue weighted by molar-refractivity contribution is 8.00. The predicted octanol–water partition coefficient (Wildman–Crippen LogP) is 2.85. The van der Waals surface area contributed by atoms with Crippen molar-refractivity contribution < 1.29 is 4.79 Å². The molecule has 2 heterocycles. The molecule has 1 amide bonds. The van der Waals surface area contributed by atoms with E-state index >= 15 is 0 Å². The molecule has 1 atom stereocenters. The smallest absolute Gasteiger partial charge is 0.239 e. The van der Waals surface area contributed by atoms with Crippen LogP contribution in [0, 0.1) is 13.8 Å². The van der Waals surface area contributed by atoms with Crippen molar-refractivity contribution in [1.82, 2.24) is 25.2 Å². The lowest BCUT2D eigenvalue weighted by Gasteiger charge is -2.11. The molecule has 7 nitrogen and oxygen atoms in total. The number of carbonyl (C=O) groups is 1. The van der Waals surface area contributed by atoms with Crippen LogP contribution in [0.1, 0.15) is 18.1 Å². The van der Waals surface area contributed by atoms with E-state index in [2.05, 4.69) is 32.7 Å². The van der Waals surface area contributed by atoms with Crippen LogP contribution >= 0.6 is 23.1 Å². The van der Waals surface area contributed by atoms with E-state index < -0.39 is 0 Å². The Bertz CT molecular complexity index is 846. The maximum absolute atomic E-state index is 12.2. The number of nitrogens with zero attached hydrogens (tertiary/aromatic N) is 5. The molecule has 0 saturated heterocycles.